The Morgan fingerprint density at radius 3 is 2.86 bits per heavy atom. The Bertz CT molecular complexity index is 574. The number of anilines is 1. The molecule has 0 saturated carbocycles. The number of hydrogen-bond acceptors (Lipinski definition) is 4. The van der Waals surface area contributed by atoms with Crippen molar-refractivity contribution in [1.82, 2.24) is 9.29 Å². The van der Waals surface area contributed by atoms with Gasteiger partial charge in [-0.05, 0) is 44.2 Å². The smallest absolute Gasteiger partial charge is 0.246 e. The number of aromatic nitrogens is 1. The minimum Gasteiger partial charge on any atom is -0.369 e. The van der Waals surface area contributed by atoms with Crippen LogP contribution in [0.4, 0.5) is 5.82 Å². The Kier molecular flexibility index (Phi) is 5.22. The molecular formula is C15H25N3O2S. The molecule has 1 saturated heterocycles. The molecule has 0 radical (unpaired) electrons. The zero-order valence-electron chi connectivity index (χ0n) is 13.0. The molecule has 1 aliphatic heterocycles. The average molecular weight is 311 g/mol. The summed E-state index contributed by atoms with van der Waals surface area (Å²) in [5, 5.41) is 3.11. The lowest BCUT2D eigenvalue weighted by Crippen LogP contribution is -2.44. The quantitative estimate of drug-likeness (QED) is 0.908. The highest BCUT2D eigenvalue weighted by Crippen LogP contribution is 2.30. The molecule has 6 heteroatoms. The summed E-state index contributed by atoms with van der Waals surface area (Å²) in [6.07, 6.45) is 4.38. The van der Waals surface area contributed by atoms with E-state index in [1.54, 1.807) is 22.6 Å². The van der Waals surface area contributed by atoms with Crippen LogP contribution in [0.2, 0.25) is 0 Å². The van der Waals surface area contributed by atoms with Gasteiger partial charge in [-0.25, -0.2) is 13.4 Å². The molecule has 1 aliphatic rings. The molecule has 1 aromatic heterocycles. The summed E-state index contributed by atoms with van der Waals surface area (Å²) >= 11 is 0. The third-order valence-electron chi connectivity index (χ3n) is 3.98. The van der Waals surface area contributed by atoms with Crippen LogP contribution in [0.3, 0.4) is 0 Å². The van der Waals surface area contributed by atoms with Crippen LogP contribution in [0.5, 0.6) is 0 Å². The fraction of sp³-hybridized carbons (Fsp3) is 0.667. The highest BCUT2D eigenvalue weighted by atomic mass is 32.2. The van der Waals surface area contributed by atoms with Crippen LogP contribution >= 0.6 is 0 Å². The molecule has 118 valence electrons. The van der Waals surface area contributed by atoms with Crippen molar-refractivity contribution in [2.45, 2.75) is 51.0 Å². The molecule has 21 heavy (non-hydrogen) atoms. The third-order valence-corrected chi connectivity index (χ3v) is 6.02. The van der Waals surface area contributed by atoms with E-state index in [4.69, 9.17) is 0 Å². The van der Waals surface area contributed by atoms with Crippen molar-refractivity contribution in [3.63, 3.8) is 0 Å². The van der Waals surface area contributed by atoms with Gasteiger partial charge in [-0.1, -0.05) is 13.8 Å². The minimum absolute atomic E-state index is 0.0398. The second-order valence-electron chi connectivity index (χ2n) is 5.87. The second-order valence-corrected chi connectivity index (χ2v) is 7.73. The van der Waals surface area contributed by atoms with Gasteiger partial charge in [0.1, 0.15) is 10.7 Å². The van der Waals surface area contributed by atoms with Gasteiger partial charge in [0.05, 0.1) is 0 Å². The maximum absolute atomic E-state index is 12.9. The van der Waals surface area contributed by atoms with E-state index in [9.17, 15) is 8.42 Å². The Balaban J connectivity index is 2.31. The maximum atomic E-state index is 12.9. The van der Waals surface area contributed by atoms with Crippen molar-refractivity contribution in [2.24, 2.45) is 5.92 Å². The summed E-state index contributed by atoms with van der Waals surface area (Å²) in [4.78, 5) is 4.49. The van der Waals surface area contributed by atoms with Gasteiger partial charge in [0.15, 0.2) is 0 Å². The van der Waals surface area contributed by atoms with Gasteiger partial charge in [-0.3, -0.25) is 0 Å². The van der Waals surface area contributed by atoms with Crippen molar-refractivity contribution in [1.29, 1.82) is 0 Å². The van der Waals surface area contributed by atoms with E-state index < -0.39 is 10.0 Å². The first-order valence-corrected chi connectivity index (χ1v) is 9.11. The first-order chi connectivity index (χ1) is 9.96. The Labute approximate surface area is 127 Å². The van der Waals surface area contributed by atoms with Crippen molar-refractivity contribution < 1.29 is 8.42 Å². The molecule has 0 spiro atoms. The maximum Gasteiger partial charge on any atom is 0.246 e. The van der Waals surface area contributed by atoms with Crippen LogP contribution in [-0.2, 0) is 10.0 Å². The summed E-state index contributed by atoms with van der Waals surface area (Å²) in [5.74, 6) is 1.04. The Hall–Kier alpha value is -1.14. The summed E-state index contributed by atoms with van der Waals surface area (Å²) in [6, 6.07) is 3.37. The summed E-state index contributed by atoms with van der Waals surface area (Å²) < 4.78 is 27.5. The van der Waals surface area contributed by atoms with Gasteiger partial charge in [-0.15, -0.1) is 0 Å². The van der Waals surface area contributed by atoms with E-state index in [2.05, 4.69) is 17.2 Å². The van der Waals surface area contributed by atoms with E-state index in [0.717, 1.165) is 19.3 Å². The highest BCUT2D eigenvalue weighted by molar-refractivity contribution is 7.89. The fourth-order valence-corrected chi connectivity index (χ4v) is 4.62. The molecule has 2 rings (SSSR count). The standard InChI is InChI=1S/C15H25N3O2S/c1-4-8-16-15-14(6-5-9-17-15)21(19,20)18-10-7-12(2)11-13(18)3/h5-6,9,12-13H,4,7-8,10-11H2,1-3H3,(H,16,17). The minimum atomic E-state index is -3.49. The van der Waals surface area contributed by atoms with Gasteiger partial charge in [0, 0.05) is 25.3 Å². The number of piperidine rings is 1. The number of pyridine rings is 1. The normalized spacial score (nSPS) is 24.0. The van der Waals surface area contributed by atoms with Crippen molar-refractivity contribution in [3.05, 3.63) is 18.3 Å². The largest absolute Gasteiger partial charge is 0.369 e. The van der Waals surface area contributed by atoms with Gasteiger partial charge in [0.2, 0.25) is 10.0 Å². The fourth-order valence-electron chi connectivity index (χ4n) is 2.84. The predicted molar refractivity (Wildman–Crippen MR) is 84.8 cm³/mol. The zero-order chi connectivity index (χ0) is 15.5. The SMILES string of the molecule is CCCNc1ncccc1S(=O)(=O)N1CCC(C)CC1C. The van der Waals surface area contributed by atoms with Crippen LogP contribution in [0.15, 0.2) is 23.2 Å². The zero-order valence-corrected chi connectivity index (χ0v) is 13.9. The Morgan fingerprint density at radius 1 is 1.43 bits per heavy atom. The molecule has 1 N–H and O–H groups in total. The van der Waals surface area contributed by atoms with E-state index in [0.29, 0.717) is 29.7 Å². The van der Waals surface area contributed by atoms with Crippen LogP contribution in [0, 0.1) is 5.92 Å². The van der Waals surface area contributed by atoms with Gasteiger partial charge < -0.3 is 5.32 Å². The average Bonchev–Trinajstić information content (AvgIpc) is 2.45. The monoisotopic (exact) mass is 311 g/mol. The number of nitrogens with zero attached hydrogens (tertiary/aromatic N) is 2. The number of rotatable bonds is 5. The summed E-state index contributed by atoms with van der Waals surface area (Å²) in [5.41, 5.74) is 0. The van der Waals surface area contributed by atoms with Crippen LogP contribution in [0.25, 0.3) is 0 Å². The van der Waals surface area contributed by atoms with Crippen molar-refractivity contribution >= 4 is 15.8 Å². The van der Waals surface area contributed by atoms with Gasteiger partial charge in [0.25, 0.3) is 0 Å². The molecule has 0 bridgehead atoms. The molecule has 1 fully saturated rings. The Morgan fingerprint density at radius 2 is 2.19 bits per heavy atom. The number of hydrogen-bond donors (Lipinski definition) is 1. The summed E-state index contributed by atoms with van der Waals surface area (Å²) in [6.45, 7) is 7.51. The van der Waals surface area contributed by atoms with Crippen LogP contribution in [0.1, 0.15) is 40.0 Å². The number of nitrogens with one attached hydrogen (secondary N) is 1. The third kappa shape index (κ3) is 3.55. The van der Waals surface area contributed by atoms with Crippen molar-refractivity contribution in [2.75, 3.05) is 18.4 Å². The van der Waals surface area contributed by atoms with E-state index in [-0.39, 0.29) is 6.04 Å². The molecule has 0 aromatic carbocycles. The molecular weight excluding hydrogens is 286 g/mol. The lowest BCUT2D eigenvalue weighted by atomic mass is 9.95. The van der Waals surface area contributed by atoms with Gasteiger partial charge in [-0.2, -0.15) is 4.31 Å². The second kappa shape index (κ2) is 6.75. The first-order valence-electron chi connectivity index (χ1n) is 7.67. The van der Waals surface area contributed by atoms with E-state index in [1.165, 1.54) is 0 Å². The van der Waals surface area contributed by atoms with E-state index >= 15 is 0 Å². The van der Waals surface area contributed by atoms with E-state index in [1.807, 2.05) is 13.8 Å². The summed E-state index contributed by atoms with van der Waals surface area (Å²) in [7, 11) is -3.49. The van der Waals surface area contributed by atoms with Gasteiger partial charge >= 0.3 is 0 Å². The molecule has 0 aliphatic carbocycles. The molecule has 5 nitrogen and oxygen atoms in total. The predicted octanol–water partition coefficient (Wildman–Crippen LogP) is 2.71. The topological polar surface area (TPSA) is 62.3 Å². The molecule has 1 aromatic rings. The molecule has 2 unspecified atom stereocenters. The molecule has 0 amide bonds. The highest BCUT2D eigenvalue weighted by Gasteiger charge is 2.34. The van der Waals surface area contributed by atoms with Crippen molar-refractivity contribution in [3.8, 4) is 0 Å². The number of sulfonamides is 1. The lowest BCUT2D eigenvalue weighted by Gasteiger charge is -2.35. The molecule has 2 heterocycles. The van der Waals surface area contributed by atoms with Crippen LogP contribution in [-0.4, -0.2) is 36.8 Å². The lowest BCUT2D eigenvalue weighted by molar-refractivity contribution is 0.220. The van der Waals surface area contributed by atoms with Crippen LogP contribution < -0.4 is 5.32 Å². The first kappa shape index (κ1) is 16.2. The molecule has 2 atom stereocenters.